The van der Waals surface area contributed by atoms with E-state index < -0.39 is 4.92 Å². The Morgan fingerprint density at radius 2 is 1.67 bits per heavy atom. The monoisotopic (exact) mass is 420 g/mol. The van der Waals surface area contributed by atoms with Gasteiger partial charge in [-0.15, -0.1) is 0 Å². The maximum atomic E-state index is 10.9. The van der Waals surface area contributed by atoms with Crippen LogP contribution < -0.4 is 5.43 Å². The lowest BCUT2D eigenvalue weighted by Gasteiger charge is -2.08. The molecule has 4 rings (SSSR count). The Bertz CT molecular complexity index is 1080. The summed E-state index contributed by atoms with van der Waals surface area (Å²) in [5.74, 6) is 0.635. The number of nitrogens with zero attached hydrogens (tertiary/aromatic N) is 3. The number of hydrogen-bond donors (Lipinski definition) is 1. The van der Waals surface area contributed by atoms with E-state index in [1.807, 2.05) is 48.5 Å². The molecule has 3 aromatic rings. The van der Waals surface area contributed by atoms with Crippen LogP contribution in [-0.2, 0) is 0 Å². The van der Waals surface area contributed by atoms with Crippen molar-refractivity contribution in [1.82, 2.24) is 5.43 Å². The fraction of sp³-hybridized carbons (Fsp3) is 0. The zero-order valence-corrected chi connectivity index (χ0v) is 15.6. The van der Waals surface area contributed by atoms with Gasteiger partial charge in [0.2, 0.25) is 0 Å². The highest BCUT2D eigenvalue weighted by molar-refractivity contribution is 9.10. The fourth-order valence-electron chi connectivity index (χ4n) is 2.80. The van der Waals surface area contributed by atoms with Crippen molar-refractivity contribution < 1.29 is 4.92 Å². The van der Waals surface area contributed by atoms with Crippen LogP contribution in [0.2, 0.25) is 0 Å². The largest absolute Gasteiger partial charge is 0.269 e. The molecule has 1 aliphatic rings. The van der Waals surface area contributed by atoms with Crippen LogP contribution in [0.5, 0.6) is 0 Å². The average molecular weight is 421 g/mol. The van der Waals surface area contributed by atoms with Gasteiger partial charge in [0, 0.05) is 33.3 Å². The van der Waals surface area contributed by atoms with E-state index >= 15 is 0 Å². The Balaban J connectivity index is 1.83. The summed E-state index contributed by atoms with van der Waals surface area (Å²) in [4.78, 5) is 15.2. The highest BCUT2D eigenvalue weighted by Gasteiger charge is 2.18. The summed E-state index contributed by atoms with van der Waals surface area (Å²) in [6.45, 7) is 0. The first-order valence-electron chi connectivity index (χ1n) is 8.14. The third kappa shape index (κ3) is 3.50. The number of non-ortho nitro benzene ring substituents is 1. The van der Waals surface area contributed by atoms with Gasteiger partial charge >= 0.3 is 0 Å². The molecule has 7 heteroatoms. The molecule has 0 spiro atoms. The molecule has 0 aliphatic carbocycles. The summed E-state index contributed by atoms with van der Waals surface area (Å²) in [5.41, 5.74) is 7.01. The van der Waals surface area contributed by atoms with E-state index in [0.717, 1.165) is 26.9 Å². The summed E-state index contributed by atoms with van der Waals surface area (Å²) >= 11 is 3.49. The highest BCUT2D eigenvalue weighted by Crippen LogP contribution is 2.29. The van der Waals surface area contributed by atoms with Crippen LogP contribution in [-0.4, -0.2) is 16.5 Å². The van der Waals surface area contributed by atoms with Crippen molar-refractivity contribution in [2.24, 2.45) is 10.1 Å². The van der Waals surface area contributed by atoms with Gasteiger partial charge in [-0.25, -0.2) is 4.99 Å². The van der Waals surface area contributed by atoms with Crippen LogP contribution in [0.15, 0.2) is 87.4 Å². The van der Waals surface area contributed by atoms with Crippen LogP contribution >= 0.6 is 15.9 Å². The van der Waals surface area contributed by atoms with Gasteiger partial charge in [-0.1, -0.05) is 46.3 Å². The average Bonchev–Trinajstić information content (AvgIpc) is 2.88. The van der Waals surface area contributed by atoms with Gasteiger partial charge in [-0.3, -0.25) is 15.5 Å². The third-order valence-electron chi connectivity index (χ3n) is 4.12. The standard InChI is InChI=1S/C20H13BrN4O2/c21-15-8-11-18-17(12-15)19(13-6-9-16(10-7-13)25(26)27)23-24-20(22-18)14-4-2-1-3-5-14/h1-12H,(H,22,24). The van der Waals surface area contributed by atoms with Crippen molar-refractivity contribution >= 4 is 38.9 Å². The first kappa shape index (κ1) is 17.1. The molecule has 3 aromatic carbocycles. The highest BCUT2D eigenvalue weighted by atomic mass is 79.9. The second-order valence-electron chi connectivity index (χ2n) is 5.86. The molecule has 0 aromatic heterocycles. The predicted octanol–water partition coefficient (Wildman–Crippen LogP) is 4.79. The van der Waals surface area contributed by atoms with E-state index in [1.165, 1.54) is 12.1 Å². The third-order valence-corrected chi connectivity index (χ3v) is 4.61. The summed E-state index contributed by atoms with van der Waals surface area (Å²) in [7, 11) is 0. The smallest absolute Gasteiger partial charge is 0.260 e. The number of nitro benzene ring substituents is 1. The lowest BCUT2D eigenvalue weighted by atomic mass is 10.0. The first-order valence-corrected chi connectivity index (χ1v) is 8.94. The van der Waals surface area contributed by atoms with Crippen LogP contribution in [0.1, 0.15) is 16.7 Å². The number of nitro groups is 1. The summed E-state index contributed by atoms with van der Waals surface area (Å²) in [5, 5.41) is 15.5. The minimum Gasteiger partial charge on any atom is -0.260 e. The second kappa shape index (κ2) is 7.13. The van der Waals surface area contributed by atoms with E-state index in [0.29, 0.717) is 11.5 Å². The van der Waals surface area contributed by atoms with Crippen LogP contribution in [0.3, 0.4) is 0 Å². The van der Waals surface area contributed by atoms with E-state index in [1.54, 1.807) is 12.1 Å². The van der Waals surface area contributed by atoms with E-state index in [9.17, 15) is 10.1 Å². The lowest BCUT2D eigenvalue weighted by molar-refractivity contribution is -0.384. The van der Waals surface area contributed by atoms with Gasteiger partial charge in [0.05, 0.1) is 10.6 Å². The molecule has 1 aliphatic heterocycles. The lowest BCUT2D eigenvalue weighted by Crippen LogP contribution is -2.19. The summed E-state index contributed by atoms with van der Waals surface area (Å²) in [6, 6.07) is 21.8. The Kier molecular flexibility index (Phi) is 4.52. The summed E-state index contributed by atoms with van der Waals surface area (Å²) < 4.78 is 0.897. The van der Waals surface area contributed by atoms with E-state index in [2.05, 4.69) is 26.5 Å². The van der Waals surface area contributed by atoms with Gasteiger partial charge < -0.3 is 0 Å². The molecule has 0 saturated carbocycles. The van der Waals surface area contributed by atoms with Crippen molar-refractivity contribution in [2.75, 3.05) is 0 Å². The van der Waals surface area contributed by atoms with Gasteiger partial charge in [-0.2, -0.15) is 5.10 Å². The zero-order chi connectivity index (χ0) is 18.8. The molecular formula is C20H13BrN4O2. The Morgan fingerprint density at radius 1 is 0.926 bits per heavy atom. The predicted molar refractivity (Wildman–Crippen MR) is 109 cm³/mol. The van der Waals surface area contributed by atoms with Crippen molar-refractivity contribution in [3.63, 3.8) is 0 Å². The molecule has 0 saturated heterocycles. The molecule has 0 atom stereocenters. The van der Waals surface area contributed by atoms with E-state index in [-0.39, 0.29) is 5.69 Å². The number of benzene rings is 3. The normalized spacial score (nSPS) is 12.9. The minimum absolute atomic E-state index is 0.0385. The molecule has 27 heavy (non-hydrogen) atoms. The quantitative estimate of drug-likeness (QED) is 0.488. The maximum absolute atomic E-state index is 10.9. The molecule has 6 nitrogen and oxygen atoms in total. The minimum atomic E-state index is -0.419. The maximum Gasteiger partial charge on any atom is 0.269 e. The Labute approximate surface area is 163 Å². The number of nitrogens with one attached hydrogen (secondary N) is 1. The topological polar surface area (TPSA) is 79.9 Å². The molecule has 132 valence electrons. The van der Waals surface area contributed by atoms with Gasteiger partial charge in [0.25, 0.3) is 5.69 Å². The molecule has 0 amide bonds. The molecule has 0 radical (unpaired) electrons. The van der Waals surface area contributed by atoms with Crippen molar-refractivity contribution in [3.05, 3.63) is 104 Å². The molecule has 1 heterocycles. The fourth-order valence-corrected chi connectivity index (χ4v) is 3.16. The van der Waals surface area contributed by atoms with Gasteiger partial charge in [0.15, 0.2) is 5.84 Å². The Hall–Kier alpha value is -3.32. The number of aliphatic imine (C=N–C) groups is 1. The van der Waals surface area contributed by atoms with Crippen molar-refractivity contribution in [2.45, 2.75) is 0 Å². The van der Waals surface area contributed by atoms with Crippen molar-refractivity contribution in [3.8, 4) is 0 Å². The number of hydrogen-bond acceptors (Lipinski definition) is 5. The van der Waals surface area contributed by atoms with Crippen LogP contribution in [0, 0.1) is 10.1 Å². The SMILES string of the molecule is O=[N+]([O-])c1ccc(C2=NNC(c3ccccc3)=Nc3ccc(Br)cc32)cc1. The number of hydrazone groups is 1. The van der Waals surface area contributed by atoms with Gasteiger partial charge in [-0.05, 0) is 30.3 Å². The first-order chi connectivity index (χ1) is 13.1. The number of fused-ring (bicyclic) bond motifs is 1. The summed E-state index contributed by atoms with van der Waals surface area (Å²) in [6.07, 6.45) is 0. The molecule has 0 bridgehead atoms. The molecule has 0 fully saturated rings. The number of rotatable bonds is 3. The van der Waals surface area contributed by atoms with Gasteiger partial charge in [0.1, 0.15) is 5.71 Å². The Morgan fingerprint density at radius 3 is 2.37 bits per heavy atom. The van der Waals surface area contributed by atoms with E-state index in [4.69, 9.17) is 4.99 Å². The zero-order valence-electron chi connectivity index (χ0n) is 14.0. The molecule has 0 unspecified atom stereocenters. The molecular weight excluding hydrogens is 408 g/mol. The number of amidine groups is 1. The molecule has 1 N–H and O–H groups in total. The van der Waals surface area contributed by atoms with Crippen LogP contribution in [0.25, 0.3) is 0 Å². The van der Waals surface area contributed by atoms with Crippen LogP contribution in [0.4, 0.5) is 11.4 Å². The second-order valence-corrected chi connectivity index (χ2v) is 6.78. The van der Waals surface area contributed by atoms with Crippen molar-refractivity contribution in [1.29, 1.82) is 0 Å². The number of halogens is 1.